The average Bonchev–Trinajstić information content (AvgIpc) is 3.15. The van der Waals surface area contributed by atoms with Crippen molar-refractivity contribution in [3.05, 3.63) is 118 Å². The summed E-state index contributed by atoms with van der Waals surface area (Å²) < 4.78 is 16.8. The van der Waals surface area contributed by atoms with Gasteiger partial charge in [-0.05, 0) is 47.5 Å². The van der Waals surface area contributed by atoms with Gasteiger partial charge in [-0.25, -0.2) is 0 Å². The maximum absolute atomic E-state index is 13.5. The van der Waals surface area contributed by atoms with Crippen LogP contribution in [0.15, 0.2) is 94.7 Å². The lowest BCUT2D eigenvalue weighted by Gasteiger charge is -2.25. The summed E-state index contributed by atoms with van der Waals surface area (Å²) in [6, 6.07) is 21.3. The molecule has 4 aromatic rings. The van der Waals surface area contributed by atoms with Crippen molar-refractivity contribution in [1.29, 1.82) is 0 Å². The monoisotopic (exact) mass is 453 g/mol. The van der Waals surface area contributed by atoms with Gasteiger partial charge in [0.2, 0.25) is 5.76 Å². The van der Waals surface area contributed by atoms with E-state index in [2.05, 4.69) is 6.58 Å². The Morgan fingerprint density at radius 1 is 0.971 bits per heavy atom. The smallest absolute Gasteiger partial charge is 0.291 e. The van der Waals surface area contributed by atoms with E-state index < -0.39 is 6.04 Å². The van der Waals surface area contributed by atoms with Crippen LogP contribution >= 0.6 is 0 Å². The number of methoxy groups -OCH3 is 1. The van der Waals surface area contributed by atoms with Crippen molar-refractivity contribution in [2.45, 2.75) is 12.6 Å². The molecular weight excluding hydrogens is 430 g/mol. The number of hydrogen-bond acceptors (Lipinski definition) is 5. The van der Waals surface area contributed by atoms with Gasteiger partial charge in [0.25, 0.3) is 5.91 Å². The van der Waals surface area contributed by atoms with Gasteiger partial charge in [-0.3, -0.25) is 9.59 Å². The van der Waals surface area contributed by atoms with Gasteiger partial charge >= 0.3 is 0 Å². The summed E-state index contributed by atoms with van der Waals surface area (Å²) in [5.41, 5.74) is 2.28. The van der Waals surface area contributed by atoms with Gasteiger partial charge in [0.1, 0.15) is 23.7 Å². The third-order valence-corrected chi connectivity index (χ3v) is 5.95. The zero-order valence-electron chi connectivity index (χ0n) is 18.7. The normalized spacial score (nSPS) is 14.8. The van der Waals surface area contributed by atoms with E-state index in [4.69, 9.17) is 13.9 Å². The zero-order valence-corrected chi connectivity index (χ0v) is 18.7. The van der Waals surface area contributed by atoms with Crippen LogP contribution in [0, 0.1) is 0 Å². The molecule has 1 aliphatic heterocycles. The fourth-order valence-corrected chi connectivity index (χ4v) is 4.31. The molecular formula is C28H23NO5. The SMILES string of the molecule is C=CCOc1ccc(C2c3c(oc4ccccc4c3=O)C(=O)N2Cc2ccc(OC)cc2)cc1. The molecule has 0 N–H and O–H groups in total. The summed E-state index contributed by atoms with van der Waals surface area (Å²) in [5.74, 6) is 1.19. The first-order valence-corrected chi connectivity index (χ1v) is 10.9. The Hall–Kier alpha value is -4.32. The van der Waals surface area contributed by atoms with Crippen molar-refractivity contribution in [3.8, 4) is 11.5 Å². The minimum absolute atomic E-state index is 0.0918. The molecule has 0 radical (unpaired) electrons. The lowest BCUT2D eigenvalue weighted by Crippen LogP contribution is -2.29. The summed E-state index contributed by atoms with van der Waals surface area (Å²) in [5, 5.41) is 0.455. The van der Waals surface area contributed by atoms with Gasteiger partial charge in [-0.15, -0.1) is 0 Å². The average molecular weight is 453 g/mol. The van der Waals surface area contributed by atoms with Crippen molar-refractivity contribution in [2.24, 2.45) is 0 Å². The van der Waals surface area contributed by atoms with Crippen LogP contribution in [0.3, 0.4) is 0 Å². The molecule has 0 fully saturated rings. The number of carbonyl (C=O) groups is 1. The van der Waals surface area contributed by atoms with Crippen molar-refractivity contribution >= 4 is 16.9 Å². The minimum atomic E-state index is -0.584. The van der Waals surface area contributed by atoms with Crippen molar-refractivity contribution in [1.82, 2.24) is 4.90 Å². The van der Waals surface area contributed by atoms with E-state index in [9.17, 15) is 9.59 Å². The van der Waals surface area contributed by atoms with Crippen LogP contribution in [0.25, 0.3) is 11.0 Å². The number of fused-ring (bicyclic) bond motifs is 2. The molecule has 5 rings (SSSR count). The largest absolute Gasteiger partial charge is 0.497 e. The molecule has 6 nitrogen and oxygen atoms in total. The Bertz CT molecular complexity index is 1420. The van der Waals surface area contributed by atoms with Crippen LogP contribution in [0.5, 0.6) is 11.5 Å². The first-order valence-electron chi connectivity index (χ1n) is 10.9. The van der Waals surface area contributed by atoms with Crippen molar-refractivity contribution in [3.63, 3.8) is 0 Å². The first kappa shape index (κ1) is 21.5. The second-order valence-electron chi connectivity index (χ2n) is 8.02. The summed E-state index contributed by atoms with van der Waals surface area (Å²) in [4.78, 5) is 28.8. The summed E-state index contributed by atoms with van der Waals surface area (Å²) >= 11 is 0. The molecule has 1 aromatic heterocycles. The van der Waals surface area contributed by atoms with Gasteiger partial charge in [-0.2, -0.15) is 0 Å². The molecule has 0 aliphatic carbocycles. The van der Waals surface area contributed by atoms with E-state index >= 15 is 0 Å². The summed E-state index contributed by atoms with van der Waals surface area (Å²) in [6.45, 7) is 4.36. The van der Waals surface area contributed by atoms with Crippen molar-refractivity contribution < 1.29 is 18.7 Å². The third kappa shape index (κ3) is 3.73. The predicted molar refractivity (Wildman–Crippen MR) is 129 cm³/mol. The Morgan fingerprint density at radius 2 is 1.68 bits per heavy atom. The van der Waals surface area contributed by atoms with Crippen LogP contribution in [0.1, 0.15) is 33.3 Å². The maximum atomic E-state index is 13.5. The molecule has 170 valence electrons. The third-order valence-electron chi connectivity index (χ3n) is 5.95. The summed E-state index contributed by atoms with van der Waals surface area (Å²) in [6.07, 6.45) is 1.67. The predicted octanol–water partition coefficient (Wildman–Crippen LogP) is 5.11. The highest BCUT2D eigenvalue weighted by Crippen LogP contribution is 2.39. The Labute approximate surface area is 196 Å². The van der Waals surface area contributed by atoms with E-state index in [0.717, 1.165) is 16.9 Å². The van der Waals surface area contributed by atoms with Crippen LogP contribution in [0.2, 0.25) is 0 Å². The molecule has 1 amide bonds. The molecule has 0 saturated carbocycles. The second-order valence-corrected chi connectivity index (χ2v) is 8.02. The molecule has 1 atom stereocenters. The van der Waals surface area contributed by atoms with Crippen LogP contribution in [-0.4, -0.2) is 24.5 Å². The standard InChI is InChI=1S/C28H23NO5/c1-3-16-33-21-14-10-19(11-15-21)25-24-26(30)22-6-4-5-7-23(22)34-27(24)28(31)29(25)17-18-8-12-20(32-2)13-9-18/h3-15,25H,1,16-17H2,2H3. The zero-order chi connectivity index (χ0) is 23.7. The molecule has 1 aliphatic rings. The topological polar surface area (TPSA) is 69.0 Å². The molecule has 0 saturated heterocycles. The van der Waals surface area contributed by atoms with E-state index in [1.165, 1.54) is 0 Å². The van der Waals surface area contributed by atoms with E-state index in [1.54, 1.807) is 42.4 Å². The van der Waals surface area contributed by atoms with E-state index in [0.29, 0.717) is 35.4 Å². The van der Waals surface area contributed by atoms with E-state index in [-0.39, 0.29) is 17.1 Å². The number of ether oxygens (including phenoxy) is 2. The van der Waals surface area contributed by atoms with Gasteiger partial charge in [0.05, 0.1) is 24.1 Å². The number of rotatable bonds is 7. The number of carbonyl (C=O) groups excluding carboxylic acids is 1. The number of nitrogens with zero attached hydrogens (tertiary/aromatic N) is 1. The molecule has 3 aromatic carbocycles. The Morgan fingerprint density at radius 3 is 2.38 bits per heavy atom. The van der Waals surface area contributed by atoms with Crippen molar-refractivity contribution in [2.75, 3.05) is 13.7 Å². The number of benzene rings is 3. The molecule has 34 heavy (non-hydrogen) atoms. The quantitative estimate of drug-likeness (QED) is 0.364. The minimum Gasteiger partial charge on any atom is -0.497 e. The lowest BCUT2D eigenvalue weighted by atomic mass is 9.98. The molecule has 0 spiro atoms. The van der Waals surface area contributed by atoms with Gasteiger partial charge < -0.3 is 18.8 Å². The van der Waals surface area contributed by atoms with Gasteiger partial charge in [-0.1, -0.05) is 49.1 Å². The Kier molecular flexibility index (Phi) is 5.64. The van der Waals surface area contributed by atoms with Crippen LogP contribution < -0.4 is 14.9 Å². The van der Waals surface area contributed by atoms with Gasteiger partial charge in [0, 0.05) is 6.54 Å². The highest BCUT2D eigenvalue weighted by atomic mass is 16.5. The maximum Gasteiger partial charge on any atom is 0.291 e. The molecule has 6 heteroatoms. The Balaban J connectivity index is 1.62. The lowest BCUT2D eigenvalue weighted by molar-refractivity contribution is 0.0714. The fraction of sp³-hybridized carbons (Fsp3) is 0.143. The fourth-order valence-electron chi connectivity index (χ4n) is 4.31. The number of amides is 1. The van der Waals surface area contributed by atoms with Gasteiger partial charge in [0.15, 0.2) is 5.43 Å². The second kappa shape index (κ2) is 8.90. The van der Waals surface area contributed by atoms with E-state index in [1.807, 2.05) is 48.5 Å². The van der Waals surface area contributed by atoms with Crippen LogP contribution in [-0.2, 0) is 6.54 Å². The highest BCUT2D eigenvalue weighted by Gasteiger charge is 2.42. The molecule has 1 unspecified atom stereocenters. The number of hydrogen-bond donors (Lipinski definition) is 0. The van der Waals surface area contributed by atoms with Crippen LogP contribution in [0.4, 0.5) is 0 Å². The molecule has 2 heterocycles. The number of para-hydroxylation sites is 1. The first-order chi connectivity index (χ1) is 16.6. The highest BCUT2D eigenvalue weighted by molar-refractivity contribution is 5.99. The summed E-state index contributed by atoms with van der Waals surface area (Å²) in [7, 11) is 1.61. The molecule has 0 bridgehead atoms.